The number of carboxylic acid groups (broad SMARTS) is 1. The van der Waals surface area contributed by atoms with E-state index >= 15 is 0 Å². The van der Waals surface area contributed by atoms with Gasteiger partial charge in [0.15, 0.2) is 0 Å². The molecule has 0 spiro atoms. The molecule has 1 aromatic rings. The Kier molecular flexibility index (Phi) is 5.06. The monoisotopic (exact) mass is 301 g/mol. The lowest BCUT2D eigenvalue weighted by molar-refractivity contribution is 0.0697. The lowest BCUT2D eigenvalue weighted by Crippen LogP contribution is -2.34. The van der Waals surface area contributed by atoms with Gasteiger partial charge in [-0.2, -0.15) is 0 Å². The van der Waals surface area contributed by atoms with Crippen LogP contribution in [0.1, 0.15) is 15.9 Å². The maximum atomic E-state index is 11.5. The number of amides is 2. The number of urea groups is 1. The summed E-state index contributed by atoms with van der Waals surface area (Å²) in [5, 5.41) is 18.4. The predicted molar refractivity (Wildman–Crippen MR) is 73.1 cm³/mol. The number of carboxylic acids is 1. The fraction of sp³-hybridized carbons (Fsp3) is 0.273. The minimum atomic E-state index is -3.64. The van der Waals surface area contributed by atoms with Crippen molar-refractivity contribution in [3.63, 3.8) is 0 Å². The summed E-state index contributed by atoms with van der Waals surface area (Å²) in [7, 11) is -3.64. The molecule has 2 amide bonds. The summed E-state index contributed by atoms with van der Waals surface area (Å²) >= 11 is 0. The molecule has 0 atom stereocenters. The van der Waals surface area contributed by atoms with E-state index in [4.69, 9.17) is 10.2 Å². The molecule has 5 N–H and O–H groups in total. The van der Waals surface area contributed by atoms with Crippen LogP contribution in [0.4, 0.5) is 10.5 Å². The molecule has 0 bridgehead atoms. The van der Waals surface area contributed by atoms with Gasteiger partial charge in [-0.3, -0.25) is 0 Å². The van der Waals surface area contributed by atoms with Crippen molar-refractivity contribution in [2.75, 3.05) is 17.6 Å². The Hall–Kier alpha value is -2.13. The minimum absolute atomic E-state index is 0.0374. The highest BCUT2D eigenvalue weighted by molar-refractivity contribution is 7.89. The molecular formula is C11H15N3O5S. The Labute approximate surface area is 116 Å². The number of hydrogen-bond acceptors (Lipinski definition) is 4. The summed E-state index contributed by atoms with van der Waals surface area (Å²) in [6, 6.07) is 3.65. The summed E-state index contributed by atoms with van der Waals surface area (Å²) in [5.74, 6) is -1.49. The number of rotatable bonds is 5. The molecule has 0 saturated carbocycles. The average Bonchev–Trinajstić information content (AvgIpc) is 2.30. The molecule has 8 nitrogen and oxygen atoms in total. The first-order chi connectivity index (χ1) is 9.19. The van der Waals surface area contributed by atoms with E-state index in [1.807, 2.05) is 0 Å². The van der Waals surface area contributed by atoms with E-state index in [0.717, 1.165) is 0 Å². The highest BCUT2D eigenvalue weighted by atomic mass is 32.2. The van der Waals surface area contributed by atoms with E-state index in [1.54, 1.807) is 13.0 Å². The van der Waals surface area contributed by atoms with Crippen molar-refractivity contribution in [2.45, 2.75) is 6.92 Å². The van der Waals surface area contributed by atoms with Gasteiger partial charge in [-0.1, -0.05) is 6.07 Å². The molecule has 0 aliphatic heterocycles. The number of sulfonamides is 1. The molecule has 0 fully saturated rings. The standard InChI is InChI=1S/C11H15N3O5S/c1-7-2-3-8(10(15)16)6-9(7)14-11(17)13-4-5-20(12,18)19/h2-3,6H,4-5H2,1H3,(H,15,16)(H2,12,18,19)(H2,13,14,17). The van der Waals surface area contributed by atoms with Gasteiger partial charge >= 0.3 is 12.0 Å². The Balaban J connectivity index is 2.66. The van der Waals surface area contributed by atoms with Crippen LogP contribution in [0.2, 0.25) is 0 Å². The summed E-state index contributed by atoms with van der Waals surface area (Å²) in [6.45, 7) is 1.56. The van der Waals surface area contributed by atoms with Crippen molar-refractivity contribution in [2.24, 2.45) is 5.14 Å². The second kappa shape index (κ2) is 6.35. The number of nitrogens with one attached hydrogen (secondary N) is 2. The Bertz CT molecular complexity index is 627. The van der Waals surface area contributed by atoms with Gasteiger partial charge in [0.1, 0.15) is 0 Å². The van der Waals surface area contributed by atoms with E-state index in [0.29, 0.717) is 11.3 Å². The maximum Gasteiger partial charge on any atom is 0.335 e. The summed E-state index contributed by atoms with van der Waals surface area (Å²) in [4.78, 5) is 22.4. The number of hydrogen-bond donors (Lipinski definition) is 4. The van der Waals surface area contributed by atoms with Crippen LogP contribution in [-0.2, 0) is 10.0 Å². The number of anilines is 1. The third kappa shape index (κ3) is 5.24. The summed E-state index contributed by atoms with van der Waals surface area (Å²) in [5.41, 5.74) is 1.05. The Morgan fingerprint density at radius 3 is 2.55 bits per heavy atom. The molecule has 20 heavy (non-hydrogen) atoms. The Morgan fingerprint density at radius 2 is 2.00 bits per heavy atom. The molecule has 110 valence electrons. The topological polar surface area (TPSA) is 139 Å². The minimum Gasteiger partial charge on any atom is -0.478 e. The van der Waals surface area contributed by atoms with Crippen LogP contribution in [0, 0.1) is 6.92 Å². The maximum absolute atomic E-state index is 11.5. The third-order valence-electron chi connectivity index (χ3n) is 2.40. The fourth-order valence-corrected chi connectivity index (χ4v) is 1.75. The zero-order valence-corrected chi connectivity index (χ0v) is 11.5. The fourth-order valence-electron chi connectivity index (χ4n) is 1.36. The number of carbonyl (C=O) groups excluding carboxylic acids is 1. The van der Waals surface area contributed by atoms with Gasteiger partial charge in [-0.25, -0.2) is 23.1 Å². The van der Waals surface area contributed by atoms with Crippen molar-refractivity contribution in [3.8, 4) is 0 Å². The van der Waals surface area contributed by atoms with Crippen LogP contribution in [0.25, 0.3) is 0 Å². The molecule has 0 saturated heterocycles. The zero-order chi connectivity index (χ0) is 15.3. The Morgan fingerprint density at radius 1 is 1.35 bits per heavy atom. The number of primary sulfonamides is 1. The van der Waals surface area contributed by atoms with Crippen LogP contribution in [-0.4, -0.2) is 37.8 Å². The molecule has 0 aliphatic carbocycles. The molecule has 0 heterocycles. The van der Waals surface area contributed by atoms with Crippen LogP contribution in [0.15, 0.2) is 18.2 Å². The van der Waals surface area contributed by atoms with Crippen molar-refractivity contribution in [1.29, 1.82) is 0 Å². The molecule has 9 heteroatoms. The zero-order valence-electron chi connectivity index (χ0n) is 10.7. The first-order valence-electron chi connectivity index (χ1n) is 5.58. The lowest BCUT2D eigenvalue weighted by atomic mass is 10.1. The molecular weight excluding hydrogens is 286 g/mol. The third-order valence-corrected chi connectivity index (χ3v) is 3.18. The summed E-state index contributed by atoms with van der Waals surface area (Å²) < 4.78 is 21.4. The van der Waals surface area contributed by atoms with E-state index in [9.17, 15) is 18.0 Å². The van der Waals surface area contributed by atoms with Gasteiger partial charge < -0.3 is 15.7 Å². The van der Waals surface area contributed by atoms with Gasteiger partial charge in [0.2, 0.25) is 10.0 Å². The van der Waals surface area contributed by atoms with Crippen molar-refractivity contribution >= 4 is 27.7 Å². The number of aryl methyl sites for hydroxylation is 1. The van der Waals surface area contributed by atoms with Gasteiger partial charge in [0, 0.05) is 12.2 Å². The molecule has 0 unspecified atom stereocenters. The summed E-state index contributed by atoms with van der Waals surface area (Å²) in [6.07, 6.45) is 0. The van der Waals surface area contributed by atoms with Crippen LogP contribution in [0.5, 0.6) is 0 Å². The number of benzene rings is 1. The van der Waals surface area contributed by atoms with E-state index < -0.39 is 22.0 Å². The molecule has 0 aromatic heterocycles. The highest BCUT2D eigenvalue weighted by Crippen LogP contribution is 2.16. The van der Waals surface area contributed by atoms with Gasteiger partial charge in [0.25, 0.3) is 0 Å². The second-order valence-corrected chi connectivity index (χ2v) is 5.82. The van der Waals surface area contributed by atoms with Crippen molar-refractivity contribution < 1.29 is 23.1 Å². The molecule has 0 aliphatic rings. The quantitative estimate of drug-likeness (QED) is 0.611. The van der Waals surface area contributed by atoms with Crippen LogP contribution < -0.4 is 15.8 Å². The highest BCUT2D eigenvalue weighted by Gasteiger charge is 2.09. The van der Waals surface area contributed by atoms with Crippen LogP contribution in [0.3, 0.4) is 0 Å². The van der Waals surface area contributed by atoms with Crippen molar-refractivity contribution in [1.82, 2.24) is 5.32 Å². The van der Waals surface area contributed by atoms with Crippen LogP contribution >= 0.6 is 0 Å². The molecule has 1 aromatic carbocycles. The number of carbonyl (C=O) groups is 2. The van der Waals surface area contributed by atoms with E-state index in [1.165, 1.54) is 12.1 Å². The first kappa shape index (κ1) is 15.9. The van der Waals surface area contributed by atoms with Gasteiger partial charge in [-0.15, -0.1) is 0 Å². The smallest absolute Gasteiger partial charge is 0.335 e. The first-order valence-corrected chi connectivity index (χ1v) is 7.30. The van der Waals surface area contributed by atoms with Crippen molar-refractivity contribution in [3.05, 3.63) is 29.3 Å². The van der Waals surface area contributed by atoms with E-state index in [-0.39, 0.29) is 17.9 Å². The number of nitrogens with two attached hydrogens (primary N) is 1. The number of aromatic carboxylic acids is 1. The average molecular weight is 301 g/mol. The second-order valence-electron chi connectivity index (χ2n) is 4.08. The van der Waals surface area contributed by atoms with E-state index in [2.05, 4.69) is 10.6 Å². The SMILES string of the molecule is Cc1ccc(C(=O)O)cc1NC(=O)NCCS(N)(=O)=O. The van der Waals surface area contributed by atoms with Gasteiger partial charge in [-0.05, 0) is 24.6 Å². The lowest BCUT2D eigenvalue weighted by Gasteiger charge is -2.10. The predicted octanol–water partition coefficient (Wildman–Crippen LogP) is 0.103. The normalized spacial score (nSPS) is 10.9. The molecule has 0 radical (unpaired) electrons. The largest absolute Gasteiger partial charge is 0.478 e. The molecule has 1 rings (SSSR count). The van der Waals surface area contributed by atoms with Gasteiger partial charge in [0.05, 0.1) is 11.3 Å².